The number of aryl methyl sites for hydroxylation is 1. The van der Waals surface area contributed by atoms with Gasteiger partial charge >= 0.3 is 0 Å². The van der Waals surface area contributed by atoms with Gasteiger partial charge in [-0.15, -0.1) is 11.3 Å². The highest BCUT2D eigenvalue weighted by molar-refractivity contribution is 7.21. The summed E-state index contributed by atoms with van der Waals surface area (Å²) in [4.78, 5) is 16.3. The highest BCUT2D eigenvalue weighted by atomic mass is 32.1. The first kappa shape index (κ1) is 15.4. The molecule has 4 nitrogen and oxygen atoms in total. The summed E-state index contributed by atoms with van der Waals surface area (Å²) in [7, 11) is 0. The van der Waals surface area contributed by atoms with Crippen LogP contribution in [0, 0.1) is 24.2 Å². The van der Waals surface area contributed by atoms with Crippen LogP contribution in [0.15, 0.2) is 18.2 Å². The maximum atomic E-state index is 13.0. The Morgan fingerprint density at radius 3 is 2.80 bits per heavy atom. The van der Waals surface area contributed by atoms with Gasteiger partial charge in [-0.2, -0.15) is 5.26 Å². The number of benzene rings is 1. The molecule has 4 aliphatic rings. The van der Waals surface area contributed by atoms with E-state index < -0.39 is 0 Å². The summed E-state index contributed by atoms with van der Waals surface area (Å²) in [5.41, 5.74) is 1.92. The monoisotopic (exact) mass is 351 g/mol. The van der Waals surface area contributed by atoms with Gasteiger partial charge < -0.3 is 5.32 Å². The van der Waals surface area contributed by atoms with Gasteiger partial charge in [0.1, 0.15) is 6.07 Å². The van der Waals surface area contributed by atoms with Gasteiger partial charge in [0.05, 0.1) is 21.2 Å². The van der Waals surface area contributed by atoms with Crippen molar-refractivity contribution < 1.29 is 4.79 Å². The fourth-order valence-corrected chi connectivity index (χ4v) is 6.10. The minimum atomic E-state index is 0.0350. The minimum absolute atomic E-state index is 0.0350. The molecule has 1 aliphatic carbocycles. The van der Waals surface area contributed by atoms with Crippen molar-refractivity contribution in [1.82, 2.24) is 10.2 Å². The predicted octanol–water partition coefficient (Wildman–Crippen LogP) is 3.44. The zero-order chi connectivity index (χ0) is 17.2. The molecule has 5 heteroatoms. The molecule has 2 bridgehead atoms. The average molecular weight is 351 g/mol. The SMILES string of the molecule is Cc1ccc2cc(C(=O)N[C@H]3C4CCN(CC4)C34CC4)sc2c1C#N. The molecule has 1 aromatic heterocycles. The van der Waals surface area contributed by atoms with E-state index in [1.807, 2.05) is 25.1 Å². The fraction of sp³-hybridized carbons (Fsp3) is 0.500. The number of piperidine rings is 3. The molecule has 128 valence electrons. The quantitative estimate of drug-likeness (QED) is 0.902. The van der Waals surface area contributed by atoms with E-state index in [9.17, 15) is 10.1 Å². The number of carbonyl (C=O) groups is 1. The molecule has 1 N–H and O–H groups in total. The summed E-state index contributed by atoms with van der Waals surface area (Å²) in [6.45, 7) is 4.34. The lowest BCUT2D eigenvalue weighted by atomic mass is 9.77. The van der Waals surface area contributed by atoms with Crippen molar-refractivity contribution in [2.24, 2.45) is 5.92 Å². The normalized spacial score (nSPS) is 28.9. The molecule has 2 aromatic rings. The van der Waals surface area contributed by atoms with Gasteiger partial charge in [-0.3, -0.25) is 9.69 Å². The molecule has 1 saturated carbocycles. The van der Waals surface area contributed by atoms with E-state index in [4.69, 9.17) is 0 Å². The van der Waals surface area contributed by atoms with Crippen LogP contribution < -0.4 is 5.32 Å². The predicted molar refractivity (Wildman–Crippen MR) is 98.8 cm³/mol. The van der Waals surface area contributed by atoms with Crippen LogP contribution in [0.3, 0.4) is 0 Å². The summed E-state index contributed by atoms with van der Waals surface area (Å²) in [5, 5.41) is 13.8. The van der Waals surface area contributed by atoms with Gasteiger partial charge in [-0.1, -0.05) is 12.1 Å². The molecule has 0 unspecified atom stereocenters. The average Bonchev–Trinajstić information content (AvgIpc) is 3.28. The fourth-order valence-electron chi connectivity index (χ4n) is 4.99. The Labute approximate surface area is 151 Å². The maximum absolute atomic E-state index is 13.0. The minimum Gasteiger partial charge on any atom is -0.346 e. The molecule has 1 atom stereocenters. The molecule has 1 amide bonds. The lowest BCUT2D eigenvalue weighted by molar-refractivity contribution is -0.00138. The molecular formula is C20H21N3OS. The highest BCUT2D eigenvalue weighted by Gasteiger charge is 2.60. The number of nitrogens with one attached hydrogen (secondary N) is 1. The van der Waals surface area contributed by atoms with Crippen molar-refractivity contribution in [1.29, 1.82) is 5.26 Å². The van der Waals surface area contributed by atoms with E-state index in [1.54, 1.807) is 0 Å². The number of hydrogen-bond acceptors (Lipinski definition) is 4. The number of amides is 1. The van der Waals surface area contributed by atoms with Gasteiger partial charge in [0.25, 0.3) is 5.91 Å². The summed E-state index contributed by atoms with van der Waals surface area (Å²) >= 11 is 1.45. The van der Waals surface area contributed by atoms with Crippen molar-refractivity contribution >= 4 is 27.3 Å². The zero-order valence-corrected chi connectivity index (χ0v) is 15.2. The summed E-state index contributed by atoms with van der Waals surface area (Å²) in [6, 6.07) is 8.50. The zero-order valence-electron chi connectivity index (χ0n) is 14.3. The third-order valence-corrected chi connectivity index (χ3v) is 7.67. The Kier molecular flexibility index (Phi) is 3.25. The number of thiophene rings is 1. The van der Waals surface area contributed by atoms with Crippen molar-refractivity contribution in [2.75, 3.05) is 13.1 Å². The second-order valence-electron chi connectivity index (χ2n) is 7.78. The van der Waals surface area contributed by atoms with Gasteiger partial charge in [0, 0.05) is 5.54 Å². The van der Waals surface area contributed by atoms with Crippen LogP contribution in [-0.4, -0.2) is 35.5 Å². The van der Waals surface area contributed by atoms with E-state index in [1.165, 1.54) is 50.1 Å². The molecule has 1 spiro atoms. The van der Waals surface area contributed by atoms with E-state index in [0.717, 1.165) is 20.5 Å². The number of rotatable bonds is 2. The first-order valence-electron chi connectivity index (χ1n) is 9.11. The first-order chi connectivity index (χ1) is 12.1. The van der Waals surface area contributed by atoms with Crippen molar-refractivity contribution in [3.05, 3.63) is 34.2 Å². The van der Waals surface area contributed by atoms with Crippen LogP contribution in [0.4, 0.5) is 0 Å². The van der Waals surface area contributed by atoms with E-state index in [0.29, 0.717) is 17.5 Å². The largest absolute Gasteiger partial charge is 0.346 e. The molecule has 4 fully saturated rings. The van der Waals surface area contributed by atoms with Gasteiger partial charge in [0.2, 0.25) is 0 Å². The van der Waals surface area contributed by atoms with Crippen LogP contribution >= 0.6 is 11.3 Å². The van der Waals surface area contributed by atoms with Gasteiger partial charge in [-0.25, -0.2) is 0 Å². The third kappa shape index (κ3) is 2.17. The molecule has 0 radical (unpaired) electrons. The molecule has 25 heavy (non-hydrogen) atoms. The second kappa shape index (κ2) is 5.30. The van der Waals surface area contributed by atoms with E-state index >= 15 is 0 Å². The molecular weight excluding hydrogens is 330 g/mol. The van der Waals surface area contributed by atoms with Crippen LogP contribution in [-0.2, 0) is 0 Å². The lowest BCUT2D eigenvalue weighted by Crippen LogP contribution is -2.65. The smallest absolute Gasteiger partial charge is 0.261 e. The van der Waals surface area contributed by atoms with E-state index in [-0.39, 0.29) is 11.4 Å². The Balaban J connectivity index is 1.45. The second-order valence-corrected chi connectivity index (χ2v) is 8.83. The molecule has 3 aliphatic heterocycles. The Morgan fingerprint density at radius 2 is 2.12 bits per heavy atom. The number of fused-ring (bicyclic) bond motifs is 3. The summed E-state index contributed by atoms with van der Waals surface area (Å²) in [5.74, 6) is 0.663. The summed E-state index contributed by atoms with van der Waals surface area (Å²) < 4.78 is 0.933. The van der Waals surface area contributed by atoms with Crippen LogP contribution in [0.5, 0.6) is 0 Å². The maximum Gasteiger partial charge on any atom is 0.261 e. The molecule has 4 heterocycles. The van der Waals surface area contributed by atoms with Crippen LogP contribution in [0.1, 0.15) is 46.5 Å². The molecule has 6 rings (SSSR count). The topological polar surface area (TPSA) is 56.1 Å². The number of carbonyl (C=O) groups excluding carboxylic acids is 1. The van der Waals surface area contributed by atoms with Gasteiger partial charge in [0.15, 0.2) is 0 Å². The number of nitriles is 1. The van der Waals surface area contributed by atoms with Crippen molar-refractivity contribution in [3.63, 3.8) is 0 Å². The Bertz CT molecular complexity index is 913. The van der Waals surface area contributed by atoms with Crippen LogP contribution in [0.2, 0.25) is 0 Å². The van der Waals surface area contributed by atoms with Crippen molar-refractivity contribution in [3.8, 4) is 6.07 Å². The van der Waals surface area contributed by atoms with Crippen molar-refractivity contribution in [2.45, 2.75) is 44.2 Å². The highest BCUT2D eigenvalue weighted by Crippen LogP contribution is 2.53. The Morgan fingerprint density at radius 1 is 1.36 bits per heavy atom. The third-order valence-electron chi connectivity index (χ3n) is 6.50. The first-order valence-corrected chi connectivity index (χ1v) is 9.93. The lowest BCUT2D eigenvalue weighted by Gasteiger charge is -2.52. The summed E-state index contributed by atoms with van der Waals surface area (Å²) in [6.07, 6.45) is 4.85. The molecule has 3 saturated heterocycles. The van der Waals surface area contributed by atoms with Gasteiger partial charge in [-0.05, 0) is 68.6 Å². The Hall–Kier alpha value is -1.90. The standard InChI is InChI=1S/C20H21N3OS/c1-12-2-3-14-10-16(25-17(14)15(12)11-21)19(24)22-18-13-4-8-23(9-5-13)20(18)6-7-20/h2-3,10,13,18H,4-9H2,1H3,(H,22,24)/t18-/m0/s1. The van der Waals surface area contributed by atoms with E-state index in [2.05, 4.69) is 16.3 Å². The molecule has 1 aromatic carbocycles. The number of hydrogen-bond donors (Lipinski definition) is 1. The number of nitrogens with zero attached hydrogens (tertiary/aromatic N) is 2. The van der Waals surface area contributed by atoms with Crippen LogP contribution in [0.25, 0.3) is 10.1 Å².